The van der Waals surface area contributed by atoms with Gasteiger partial charge in [0.2, 0.25) is 0 Å². The summed E-state index contributed by atoms with van der Waals surface area (Å²) >= 11 is 0. The van der Waals surface area contributed by atoms with Gasteiger partial charge in [0.1, 0.15) is 0 Å². The Morgan fingerprint density at radius 1 is 1.24 bits per heavy atom. The molecule has 1 aliphatic heterocycles. The number of ether oxygens (including phenoxy) is 2. The second-order valence-electron chi connectivity index (χ2n) is 5.58. The Labute approximate surface area is 103 Å². The van der Waals surface area contributed by atoms with Crippen LogP contribution < -0.4 is 15.2 Å². The maximum Gasteiger partial charge on any atom is 0.161 e. The average molecular weight is 235 g/mol. The summed E-state index contributed by atoms with van der Waals surface area (Å²) in [6.45, 7) is 8.41. The molecule has 1 aromatic rings. The average Bonchev–Trinajstić information content (AvgIpc) is 2.47. The third-order valence-corrected chi connectivity index (χ3v) is 3.13. The van der Waals surface area contributed by atoms with Gasteiger partial charge in [-0.25, -0.2) is 0 Å². The van der Waals surface area contributed by atoms with Crippen molar-refractivity contribution in [2.45, 2.75) is 26.7 Å². The summed E-state index contributed by atoms with van der Waals surface area (Å²) in [5, 5.41) is 0. The fourth-order valence-corrected chi connectivity index (χ4v) is 1.79. The molecule has 0 saturated heterocycles. The molecule has 1 aromatic carbocycles. The zero-order chi connectivity index (χ0) is 12.5. The van der Waals surface area contributed by atoms with Crippen LogP contribution in [0.5, 0.6) is 11.5 Å². The predicted molar refractivity (Wildman–Crippen MR) is 68.7 cm³/mol. The minimum atomic E-state index is 0.0542. The lowest BCUT2D eigenvalue weighted by Gasteiger charge is -2.19. The molecule has 1 unspecified atom stereocenters. The summed E-state index contributed by atoms with van der Waals surface area (Å²) in [7, 11) is 0. The molecule has 0 saturated carbocycles. The van der Waals surface area contributed by atoms with Crippen LogP contribution in [0.1, 0.15) is 32.3 Å². The van der Waals surface area contributed by atoms with Crippen LogP contribution in [-0.4, -0.2) is 19.8 Å². The zero-order valence-electron chi connectivity index (χ0n) is 10.8. The van der Waals surface area contributed by atoms with Crippen LogP contribution in [0.2, 0.25) is 0 Å². The molecule has 1 heterocycles. The molecule has 0 fully saturated rings. The summed E-state index contributed by atoms with van der Waals surface area (Å²) in [5.41, 5.74) is 6.94. The monoisotopic (exact) mass is 235 g/mol. The molecule has 0 bridgehead atoms. The van der Waals surface area contributed by atoms with Crippen LogP contribution in [0.3, 0.4) is 0 Å². The molecule has 1 aliphatic rings. The molecule has 3 heteroatoms. The van der Waals surface area contributed by atoms with E-state index in [4.69, 9.17) is 15.2 Å². The van der Waals surface area contributed by atoms with Crippen molar-refractivity contribution >= 4 is 0 Å². The second-order valence-corrected chi connectivity index (χ2v) is 5.58. The van der Waals surface area contributed by atoms with Crippen molar-refractivity contribution in [2.75, 3.05) is 19.8 Å². The van der Waals surface area contributed by atoms with Crippen LogP contribution >= 0.6 is 0 Å². The zero-order valence-corrected chi connectivity index (χ0v) is 10.8. The molecular formula is C14H21NO2. The normalized spacial score (nSPS) is 19.5. The van der Waals surface area contributed by atoms with E-state index in [1.54, 1.807) is 0 Å². The van der Waals surface area contributed by atoms with Crippen LogP contribution in [-0.2, 0) is 0 Å². The van der Waals surface area contributed by atoms with Gasteiger partial charge in [-0.3, -0.25) is 0 Å². The Bertz CT molecular complexity index is 401. The molecule has 1 atom stereocenters. The fourth-order valence-electron chi connectivity index (χ4n) is 1.79. The summed E-state index contributed by atoms with van der Waals surface area (Å²) < 4.78 is 11.6. The molecule has 17 heavy (non-hydrogen) atoms. The van der Waals surface area contributed by atoms with Crippen LogP contribution in [0.25, 0.3) is 0 Å². The minimum Gasteiger partial charge on any atom is -0.489 e. The number of rotatable bonds is 2. The Morgan fingerprint density at radius 3 is 2.53 bits per heavy atom. The molecule has 94 valence electrons. The Balaban J connectivity index is 2.26. The number of benzene rings is 1. The van der Waals surface area contributed by atoms with E-state index in [-0.39, 0.29) is 5.41 Å². The topological polar surface area (TPSA) is 44.5 Å². The highest BCUT2D eigenvalue weighted by atomic mass is 16.5. The molecule has 0 radical (unpaired) electrons. The lowest BCUT2D eigenvalue weighted by molar-refractivity contribution is 0.140. The van der Waals surface area contributed by atoms with Gasteiger partial charge in [-0.1, -0.05) is 26.8 Å². The van der Waals surface area contributed by atoms with E-state index in [1.807, 2.05) is 12.1 Å². The van der Waals surface area contributed by atoms with Crippen LogP contribution in [0.4, 0.5) is 0 Å². The number of fused-ring (bicyclic) bond motifs is 1. The van der Waals surface area contributed by atoms with Gasteiger partial charge < -0.3 is 15.2 Å². The molecule has 2 rings (SSSR count). The van der Waals surface area contributed by atoms with Crippen molar-refractivity contribution in [3.8, 4) is 11.5 Å². The minimum absolute atomic E-state index is 0.0542. The highest BCUT2D eigenvalue weighted by molar-refractivity contribution is 5.44. The van der Waals surface area contributed by atoms with E-state index < -0.39 is 0 Å². The van der Waals surface area contributed by atoms with E-state index in [1.165, 1.54) is 5.56 Å². The van der Waals surface area contributed by atoms with Gasteiger partial charge >= 0.3 is 0 Å². The first kappa shape index (κ1) is 12.2. The standard InChI is InChI=1S/C14H21NO2/c1-10(7-15)11-4-5-12-13(6-11)17-9-14(2,3)8-16-12/h4-6,10H,7-9,15H2,1-3H3. The number of hydrogen-bond acceptors (Lipinski definition) is 3. The molecular weight excluding hydrogens is 214 g/mol. The van der Waals surface area contributed by atoms with E-state index >= 15 is 0 Å². The molecule has 0 spiro atoms. The van der Waals surface area contributed by atoms with Crippen molar-refractivity contribution in [1.82, 2.24) is 0 Å². The van der Waals surface area contributed by atoms with E-state index in [9.17, 15) is 0 Å². The second kappa shape index (κ2) is 4.57. The summed E-state index contributed by atoms with van der Waals surface area (Å²) in [5.74, 6) is 2.03. The smallest absolute Gasteiger partial charge is 0.161 e. The van der Waals surface area contributed by atoms with Gasteiger partial charge in [-0.2, -0.15) is 0 Å². The Kier molecular flexibility index (Phi) is 3.29. The van der Waals surface area contributed by atoms with E-state index in [0.29, 0.717) is 25.7 Å². The van der Waals surface area contributed by atoms with Crippen LogP contribution in [0.15, 0.2) is 18.2 Å². The lowest BCUT2D eigenvalue weighted by atomic mass is 9.97. The summed E-state index contributed by atoms with van der Waals surface area (Å²) in [6, 6.07) is 6.10. The van der Waals surface area contributed by atoms with Crippen molar-refractivity contribution < 1.29 is 9.47 Å². The summed E-state index contributed by atoms with van der Waals surface area (Å²) in [4.78, 5) is 0. The largest absolute Gasteiger partial charge is 0.489 e. The number of hydrogen-bond donors (Lipinski definition) is 1. The van der Waals surface area contributed by atoms with Crippen LogP contribution in [0, 0.1) is 5.41 Å². The first-order valence-corrected chi connectivity index (χ1v) is 6.11. The summed E-state index contributed by atoms with van der Waals surface area (Å²) in [6.07, 6.45) is 0. The van der Waals surface area contributed by atoms with Crippen molar-refractivity contribution in [3.05, 3.63) is 23.8 Å². The SMILES string of the molecule is CC(CN)c1ccc2c(c1)OCC(C)(C)CO2. The van der Waals surface area contributed by atoms with Gasteiger partial charge in [0.05, 0.1) is 13.2 Å². The number of nitrogens with two attached hydrogens (primary N) is 1. The van der Waals surface area contributed by atoms with Crippen molar-refractivity contribution in [2.24, 2.45) is 11.1 Å². The quantitative estimate of drug-likeness (QED) is 0.856. The molecule has 0 aromatic heterocycles. The lowest BCUT2D eigenvalue weighted by Crippen LogP contribution is -2.26. The molecule has 2 N–H and O–H groups in total. The first-order chi connectivity index (χ1) is 8.02. The van der Waals surface area contributed by atoms with Gasteiger partial charge in [-0.05, 0) is 30.2 Å². The maximum absolute atomic E-state index is 5.83. The Hall–Kier alpha value is -1.22. The third kappa shape index (κ3) is 2.72. The van der Waals surface area contributed by atoms with E-state index in [0.717, 1.165) is 11.5 Å². The fraction of sp³-hybridized carbons (Fsp3) is 0.571. The molecule has 0 aliphatic carbocycles. The first-order valence-electron chi connectivity index (χ1n) is 6.11. The van der Waals surface area contributed by atoms with Crippen molar-refractivity contribution in [1.29, 1.82) is 0 Å². The van der Waals surface area contributed by atoms with Gasteiger partial charge in [-0.15, -0.1) is 0 Å². The third-order valence-electron chi connectivity index (χ3n) is 3.13. The predicted octanol–water partition coefficient (Wildman–Crippen LogP) is 2.55. The Morgan fingerprint density at radius 2 is 1.88 bits per heavy atom. The molecule has 0 amide bonds. The highest BCUT2D eigenvalue weighted by Crippen LogP contribution is 2.35. The van der Waals surface area contributed by atoms with E-state index in [2.05, 4.69) is 26.8 Å². The van der Waals surface area contributed by atoms with Gasteiger partial charge in [0.25, 0.3) is 0 Å². The van der Waals surface area contributed by atoms with Gasteiger partial charge in [0, 0.05) is 5.41 Å². The van der Waals surface area contributed by atoms with Crippen molar-refractivity contribution in [3.63, 3.8) is 0 Å². The molecule has 3 nitrogen and oxygen atoms in total. The maximum atomic E-state index is 5.83. The highest BCUT2D eigenvalue weighted by Gasteiger charge is 2.25. The van der Waals surface area contributed by atoms with Gasteiger partial charge in [0.15, 0.2) is 11.5 Å².